The van der Waals surface area contributed by atoms with Crippen LogP contribution in [0.25, 0.3) is 22.2 Å². The van der Waals surface area contributed by atoms with E-state index in [-0.39, 0.29) is 29.2 Å². The van der Waals surface area contributed by atoms with Crippen LogP contribution in [0, 0.1) is 11.7 Å². The van der Waals surface area contributed by atoms with Crippen LogP contribution in [-0.4, -0.2) is 39.8 Å². The summed E-state index contributed by atoms with van der Waals surface area (Å²) in [6.45, 7) is 0.964. The minimum absolute atomic E-state index is 0.0417. The molecule has 1 aliphatic heterocycles. The monoisotopic (exact) mass is 454 g/mol. The standard InChI is InChI=1S/C28H23FN2O3/c29-21-9-5-18(6-10-21)26-17-24(23-3-1-2-4-25(23)30-26)28(34)31-15-13-20(14-16-31)27(33)19-7-11-22(32)12-8-19/h1-12,17,20,32H,13-16H2. The van der Waals surface area contributed by atoms with Crippen molar-refractivity contribution < 1.29 is 19.1 Å². The van der Waals surface area contributed by atoms with Gasteiger partial charge in [0.15, 0.2) is 5.78 Å². The lowest BCUT2D eigenvalue weighted by Crippen LogP contribution is -2.40. The first-order valence-corrected chi connectivity index (χ1v) is 11.3. The number of aromatic nitrogens is 1. The lowest BCUT2D eigenvalue weighted by atomic mass is 9.88. The van der Waals surface area contributed by atoms with Gasteiger partial charge in [-0.3, -0.25) is 9.59 Å². The van der Waals surface area contributed by atoms with Gasteiger partial charge in [0.05, 0.1) is 16.8 Å². The molecule has 3 aromatic carbocycles. The first-order valence-electron chi connectivity index (χ1n) is 11.3. The number of rotatable bonds is 4. The Balaban J connectivity index is 1.39. The molecule has 0 bridgehead atoms. The van der Waals surface area contributed by atoms with E-state index >= 15 is 0 Å². The van der Waals surface area contributed by atoms with Gasteiger partial charge in [0, 0.05) is 35.5 Å². The first-order chi connectivity index (χ1) is 16.5. The third kappa shape index (κ3) is 4.27. The average molecular weight is 455 g/mol. The molecule has 1 fully saturated rings. The van der Waals surface area contributed by atoms with Crippen molar-refractivity contribution >= 4 is 22.6 Å². The van der Waals surface area contributed by atoms with Crippen molar-refractivity contribution in [1.29, 1.82) is 0 Å². The second-order valence-corrected chi connectivity index (χ2v) is 8.56. The molecular formula is C28H23FN2O3. The summed E-state index contributed by atoms with van der Waals surface area (Å²) >= 11 is 0. The Morgan fingerprint density at radius 2 is 1.59 bits per heavy atom. The third-order valence-electron chi connectivity index (χ3n) is 6.39. The molecule has 1 saturated heterocycles. The van der Waals surface area contributed by atoms with Crippen LogP contribution < -0.4 is 0 Å². The molecule has 170 valence electrons. The molecular weight excluding hydrogens is 431 g/mol. The number of Topliss-reactive ketones (excluding diaryl/α,β-unsaturated/α-hetero) is 1. The molecule has 5 rings (SSSR count). The summed E-state index contributed by atoms with van der Waals surface area (Å²) in [4.78, 5) is 32.9. The molecule has 0 aliphatic carbocycles. The Morgan fingerprint density at radius 1 is 0.912 bits per heavy atom. The number of amides is 1. The predicted molar refractivity (Wildman–Crippen MR) is 128 cm³/mol. The Hall–Kier alpha value is -4.06. The zero-order valence-corrected chi connectivity index (χ0v) is 18.4. The predicted octanol–water partition coefficient (Wildman–Crippen LogP) is 5.48. The van der Waals surface area contributed by atoms with E-state index in [4.69, 9.17) is 0 Å². The van der Waals surface area contributed by atoms with E-state index < -0.39 is 0 Å². The van der Waals surface area contributed by atoms with Crippen molar-refractivity contribution in [2.24, 2.45) is 5.92 Å². The van der Waals surface area contributed by atoms with Gasteiger partial charge in [0.25, 0.3) is 5.91 Å². The Kier molecular flexibility index (Phi) is 5.80. The van der Waals surface area contributed by atoms with E-state index in [1.807, 2.05) is 24.3 Å². The minimum atomic E-state index is -0.328. The number of halogens is 1. The molecule has 5 nitrogen and oxygen atoms in total. The number of carbonyl (C=O) groups excluding carboxylic acids is 2. The summed E-state index contributed by atoms with van der Waals surface area (Å²) in [7, 11) is 0. The number of likely N-dealkylation sites (tertiary alicyclic amines) is 1. The third-order valence-corrected chi connectivity index (χ3v) is 6.39. The molecule has 0 radical (unpaired) electrons. The van der Waals surface area contributed by atoms with Crippen LogP contribution in [0.2, 0.25) is 0 Å². The van der Waals surface area contributed by atoms with Crippen LogP contribution >= 0.6 is 0 Å². The molecule has 34 heavy (non-hydrogen) atoms. The summed E-state index contributed by atoms with van der Waals surface area (Å²) in [6, 6.07) is 21.6. The van der Waals surface area contributed by atoms with E-state index in [1.165, 1.54) is 24.3 Å². The van der Waals surface area contributed by atoms with Crippen molar-refractivity contribution in [3.63, 3.8) is 0 Å². The average Bonchev–Trinajstić information content (AvgIpc) is 2.88. The number of carbonyl (C=O) groups is 2. The Labute approximate surface area is 196 Å². The Morgan fingerprint density at radius 3 is 2.29 bits per heavy atom. The summed E-state index contributed by atoms with van der Waals surface area (Å²) in [5, 5.41) is 10.2. The number of benzene rings is 3. The zero-order chi connectivity index (χ0) is 23.7. The van der Waals surface area contributed by atoms with Crippen molar-refractivity contribution in [3.8, 4) is 17.0 Å². The number of fused-ring (bicyclic) bond motifs is 1. The van der Waals surface area contributed by atoms with Gasteiger partial charge in [-0.25, -0.2) is 9.37 Å². The summed E-state index contributed by atoms with van der Waals surface area (Å²) < 4.78 is 13.4. The van der Waals surface area contributed by atoms with E-state index in [9.17, 15) is 19.1 Å². The van der Waals surface area contributed by atoms with Crippen molar-refractivity contribution in [1.82, 2.24) is 9.88 Å². The molecule has 2 heterocycles. The maximum atomic E-state index is 13.6. The van der Waals surface area contributed by atoms with Gasteiger partial charge < -0.3 is 10.0 Å². The molecule has 1 amide bonds. The number of nitrogens with zero attached hydrogens (tertiary/aromatic N) is 2. The van der Waals surface area contributed by atoms with Gasteiger partial charge in [0.2, 0.25) is 0 Å². The highest BCUT2D eigenvalue weighted by atomic mass is 19.1. The van der Waals surface area contributed by atoms with Gasteiger partial charge in [-0.15, -0.1) is 0 Å². The SMILES string of the molecule is O=C(c1ccc(O)cc1)C1CCN(C(=O)c2cc(-c3ccc(F)cc3)nc3ccccc23)CC1. The molecule has 1 aromatic heterocycles. The fourth-order valence-corrected chi connectivity index (χ4v) is 4.50. The number of aromatic hydroxyl groups is 1. The minimum Gasteiger partial charge on any atom is -0.508 e. The van der Waals surface area contributed by atoms with Gasteiger partial charge in [0.1, 0.15) is 11.6 Å². The quantitative estimate of drug-likeness (QED) is 0.415. The number of ketones is 1. The van der Waals surface area contributed by atoms with Gasteiger partial charge in [-0.05, 0) is 73.5 Å². The van der Waals surface area contributed by atoms with Gasteiger partial charge in [-0.2, -0.15) is 0 Å². The fourth-order valence-electron chi connectivity index (χ4n) is 4.50. The van der Waals surface area contributed by atoms with Crippen LogP contribution in [0.3, 0.4) is 0 Å². The highest BCUT2D eigenvalue weighted by Gasteiger charge is 2.29. The van der Waals surface area contributed by atoms with Crippen LogP contribution in [0.1, 0.15) is 33.6 Å². The molecule has 1 aliphatic rings. The number of phenolic OH excluding ortho intramolecular Hbond substituents is 1. The summed E-state index contributed by atoms with van der Waals surface area (Å²) in [6.07, 6.45) is 1.17. The summed E-state index contributed by atoms with van der Waals surface area (Å²) in [5.74, 6) is -0.415. The number of hydrogen-bond acceptors (Lipinski definition) is 4. The summed E-state index contributed by atoms with van der Waals surface area (Å²) in [5.41, 5.74) is 3.17. The number of piperidine rings is 1. The molecule has 4 aromatic rings. The van der Waals surface area contributed by atoms with Crippen molar-refractivity contribution in [2.75, 3.05) is 13.1 Å². The highest BCUT2D eigenvalue weighted by Crippen LogP contribution is 2.28. The number of pyridine rings is 1. The molecule has 6 heteroatoms. The molecule has 0 saturated carbocycles. The smallest absolute Gasteiger partial charge is 0.254 e. The first kappa shape index (κ1) is 21.8. The topological polar surface area (TPSA) is 70.5 Å². The zero-order valence-electron chi connectivity index (χ0n) is 18.4. The number of phenols is 1. The molecule has 0 atom stereocenters. The van der Waals surface area contributed by atoms with Crippen LogP contribution in [0.15, 0.2) is 78.9 Å². The maximum absolute atomic E-state index is 13.6. The maximum Gasteiger partial charge on any atom is 0.254 e. The Bertz CT molecular complexity index is 1360. The normalized spacial score (nSPS) is 14.3. The van der Waals surface area contributed by atoms with E-state index in [0.29, 0.717) is 48.3 Å². The molecule has 0 unspecified atom stereocenters. The molecule has 0 spiro atoms. The van der Waals surface area contributed by atoms with E-state index in [1.54, 1.807) is 35.2 Å². The largest absolute Gasteiger partial charge is 0.508 e. The van der Waals surface area contributed by atoms with Gasteiger partial charge in [-0.1, -0.05) is 18.2 Å². The lowest BCUT2D eigenvalue weighted by Gasteiger charge is -2.31. The van der Waals surface area contributed by atoms with Gasteiger partial charge >= 0.3 is 0 Å². The molecule has 1 N–H and O–H groups in total. The highest BCUT2D eigenvalue weighted by molar-refractivity contribution is 6.07. The number of hydrogen-bond donors (Lipinski definition) is 1. The second kappa shape index (κ2) is 9.06. The lowest BCUT2D eigenvalue weighted by molar-refractivity contribution is 0.0652. The van der Waals surface area contributed by atoms with E-state index in [0.717, 1.165) is 10.9 Å². The number of para-hydroxylation sites is 1. The second-order valence-electron chi connectivity index (χ2n) is 8.56. The van der Waals surface area contributed by atoms with Crippen LogP contribution in [0.5, 0.6) is 5.75 Å². The van der Waals surface area contributed by atoms with E-state index in [2.05, 4.69) is 4.98 Å². The van der Waals surface area contributed by atoms with Crippen molar-refractivity contribution in [2.45, 2.75) is 12.8 Å². The van der Waals surface area contributed by atoms with Crippen molar-refractivity contribution in [3.05, 3.63) is 95.8 Å². The van der Waals surface area contributed by atoms with Crippen LogP contribution in [0.4, 0.5) is 4.39 Å². The fraction of sp³-hybridized carbons (Fsp3) is 0.179. The van der Waals surface area contributed by atoms with Crippen LogP contribution in [-0.2, 0) is 0 Å².